The van der Waals surface area contributed by atoms with Crippen LogP contribution in [-0.4, -0.2) is 53.0 Å². The van der Waals surface area contributed by atoms with Crippen LogP contribution < -0.4 is 10.6 Å². The Morgan fingerprint density at radius 1 is 0.806 bits per heavy atom. The summed E-state index contributed by atoms with van der Waals surface area (Å²) in [5.41, 5.74) is -0.700. The number of amides is 1. The number of carbonyl (C=O) groups excluding carboxylic acids is 2. The van der Waals surface area contributed by atoms with Gasteiger partial charge >= 0.3 is 18.0 Å². The third kappa shape index (κ3) is 13.5. The molecule has 0 aliphatic heterocycles. The van der Waals surface area contributed by atoms with Gasteiger partial charge in [-0.1, -0.05) is 44.9 Å². The quantitative estimate of drug-likeness (QED) is 0.350. The molecule has 36 heavy (non-hydrogen) atoms. The fraction of sp³-hybridized carbons (Fsp3) is 0.893. The van der Waals surface area contributed by atoms with E-state index >= 15 is 0 Å². The monoisotopic (exact) mass is 510 g/mol. The van der Waals surface area contributed by atoms with E-state index in [1.54, 1.807) is 20.8 Å². The Labute approximate surface area is 217 Å². The van der Waals surface area contributed by atoms with Crippen molar-refractivity contribution in [3.63, 3.8) is 0 Å². The summed E-state index contributed by atoms with van der Waals surface area (Å²) in [5, 5.41) is 15.1. The number of rotatable bonds is 8. The van der Waals surface area contributed by atoms with E-state index < -0.39 is 29.7 Å². The van der Waals surface area contributed by atoms with Gasteiger partial charge in [0.2, 0.25) is 0 Å². The molecule has 0 radical (unpaired) electrons. The van der Waals surface area contributed by atoms with E-state index in [1.807, 2.05) is 0 Å². The van der Waals surface area contributed by atoms with E-state index in [9.17, 15) is 14.4 Å². The van der Waals surface area contributed by atoms with Gasteiger partial charge in [0.25, 0.3) is 0 Å². The van der Waals surface area contributed by atoms with Crippen LogP contribution in [0.5, 0.6) is 0 Å². The normalized spacial score (nSPS) is 21.0. The molecule has 3 aliphatic carbocycles. The summed E-state index contributed by atoms with van der Waals surface area (Å²) in [7, 11) is 0. The number of carbonyl (C=O) groups is 3. The molecule has 3 saturated carbocycles. The van der Waals surface area contributed by atoms with Crippen LogP contribution in [0.4, 0.5) is 4.79 Å². The summed E-state index contributed by atoms with van der Waals surface area (Å²) in [4.78, 5) is 34.8. The summed E-state index contributed by atoms with van der Waals surface area (Å²) in [5.74, 6) is -1.63. The average molecular weight is 511 g/mol. The molecule has 1 atom stereocenters. The largest absolute Gasteiger partial charge is 0.481 e. The number of hydrogen-bond acceptors (Lipinski definition) is 6. The molecule has 0 aromatic rings. The maximum absolute atomic E-state index is 12.2. The minimum Gasteiger partial charge on any atom is -0.481 e. The predicted molar refractivity (Wildman–Crippen MR) is 140 cm³/mol. The van der Waals surface area contributed by atoms with Crippen LogP contribution in [0.15, 0.2) is 0 Å². The standard InChI is InChI=1S/C16H27NO6.C12H23N/c1-16(2,3)23-15(21)17-12(9-10-13(18)19)14(20)22-11-7-5-4-6-8-11;1-3-7-11(8-4-1)13-12-9-5-2-6-10-12/h11-12H,4-10H2,1-3H3,(H,17,21)(H,18,19);11-13H,1-10H2. The highest BCUT2D eigenvalue weighted by Crippen LogP contribution is 2.23. The van der Waals surface area contributed by atoms with Crippen LogP contribution in [0, 0.1) is 0 Å². The van der Waals surface area contributed by atoms with Gasteiger partial charge in [0.1, 0.15) is 17.7 Å². The Kier molecular flexibility index (Phi) is 13.6. The Morgan fingerprint density at radius 3 is 1.72 bits per heavy atom. The van der Waals surface area contributed by atoms with E-state index in [0.29, 0.717) is 0 Å². The summed E-state index contributed by atoms with van der Waals surface area (Å²) in [6.45, 7) is 5.12. The molecule has 3 fully saturated rings. The summed E-state index contributed by atoms with van der Waals surface area (Å²) >= 11 is 0. The Morgan fingerprint density at radius 2 is 1.28 bits per heavy atom. The Hall–Kier alpha value is -1.83. The zero-order valence-corrected chi connectivity index (χ0v) is 22.8. The molecule has 208 valence electrons. The zero-order chi connectivity index (χ0) is 26.4. The summed E-state index contributed by atoms with van der Waals surface area (Å²) < 4.78 is 10.5. The lowest BCUT2D eigenvalue weighted by Crippen LogP contribution is -2.45. The van der Waals surface area contributed by atoms with Crippen LogP contribution in [0.25, 0.3) is 0 Å². The second kappa shape index (κ2) is 16.1. The minimum atomic E-state index is -1.04. The number of esters is 1. The average Bonchev–Trinajstić information content (AvgIpc) is 2.83. The summed E-state index contributed by atoms with van der Waals surface area (Å²) in [6.07, 6.45) is 18.2. The minimum absolute atomic E-state index is 0.0276. The first-order valence-electron chi connectivity index (χ1n) is 14.3. The topological polar surface area (TPSA) is 114 Å². The highest BCUT2D eigenvalue weighted by Gasteiger charge is 2.28. The molecule has 0 bridgehead atoms. The number of aliphatic carboxylic acids is 1. The highest BCUT2D eigenvalue weighted by molar-refractivity contribution is 5.82. The van der Waals surface area contributed by atoms with Crippen molar-refractivity contribution in [2.75, 3.05) is 0 Å². The first-order chi connectivity index (χ1) is 17.1. The molecular weight excluding hydrogens is 460 g/mol. The van der Waals surface area contributed by atoms with Crippen LogP contribution in [-0.2, 0) is 19.1 Å². The van der Waals surface area contributed by atoms with Crippen molar-refractivity contribution in [1.82, 2.24) is 10.6 Å². The van der Waals surface area contributed by atoms with Gasteiger partial charge in [0.05, 0.1) is 0 Å². The smallest absolute Gasteiger partial charge is 0.408 e. The van der Waals surface area contributed by atoms with Crippen molar-refractivity contribution in [3.05, 3.63) is 0 Å². The van der Waals surface area contributed by atoms with Crippen molar-refractivity contribution in [1.29, 1.82) is 0 Å². The van der Waals surface area contributed by atoms with Gasteiger partial charge in [-0.05, 0) is 78.6 Å². The van der Waals surface area contributed by atoms with Gasteiger partial charge < -0.3 is 25.2 Å². The first-order valence-corrected chi connectivity index (χ1v) is 14.3. The molecule has 0 spiro atoms. The fourth-order valence-corrected chi connectivity index (χ4v) is 5.27. The van der Waals surface area contributed by atoms with E-state index in [0.717, 1.165) is 44.2 Å². The molecule has 3 aliphatic rings. The molecule has 0 aromatic heterocycles. The van der Waals surface area contributed by atoms with Crippen molar-refractivity contribution in [2.45, 2.75) is 160 Å². The number of alkyl carbamates (subject to hydrolysis) is 1. The van der Waals surface area contributed by atoms with Crippen molar-refractivity contribution < 1.29 is 29.0 Å². The molecule has 0 saturated heterocycles. The zero-order valence-electron chi connectivity index (χ0n) is 22.8. The second-order valence-electron chi connectivity index (χ2n) is 11.7. The number of carboxylic acid groups (broad SMARTS) is 1. The number of carboxylic acids is 1. The molecule has 0 heterocycles. The van der Waals surface area contributed by atoms with Gasteiger partial charge in [0.15, 0.2) is 0 Å². The lowest BCUT2D eigenvalue weighted by Gasteiger charge is -2.30. The molecule has 3 rings (SSSR count). The second-order valence-corrected chi connectivity index (χ2v) is 11.7. The maximum Gasteiger partial charge on any atom is 0.408 e. The Balaban J connectivity index is 0.000000293. The molecule has 8 heteroatoms. The Bertz CT molecular complexity index is 643. The molecule has 3 N–H and O–H groups in total. The van der Waals surface area contributed by atoms with Gasteiger partial charge in [-0.15, -0.1) is 0 Å². The number of nitrogens with one attached hydrogen (secondary N) is 2. The summed E-state index contributed by atoms with van der Waals surface area (Å²) in [6, 6.07) is 0.733. The highest BCUT2D eigenvalue weighted by atomic mass is 16.6. The SMILES string of the molecule is C1CCC(NC2CCCCC2)CC1.CC(C)(C)OC(=O)NC(CCC(=O)O)C(=O)OC1CCCCC1. The van der Waals surface area contributed by atoms with E-state index in [1.165, 1.54) is 64.2 Å². The first kappa shape index (κ1) is 30.4. The lowest BCUT2D eigenvalue weighted by molar-refractivity contribution is -0.153. The van der Waals surface area contributed by atoms with Gasteiger partial charge in [-0.2, -0.15) is 0 Å². The van der Waals surface area contributed by atoms with Crippen molar-refractivity contribution >= 4 is 18.0 Å². The van der Waals surface area contributed by atoms with E-state index in [-0.39, 0.29) is 18.9 Å². The fourth-order valence-electron chi connectivity index (χ4n) is 5.27. The predicted octanol–water partition coefficient (Wildman–Crippen LogP) is 5.86. The van der Waals surface area contributed by atoms with Crippen LogP contribution in [0.1, 0.15) is 130 Å². The van der Waals surface area contributed by atoms with Crippen LogP contribution in [0.3, 0.4) is 0 Å². The van der Waals surface area contributed by atoms with E-state index in [2.05, 4.69) is 10.6 Å². The molecular formula is C28H50N2O6. The van der Waals surface area contributed by atoms with E-state index in [4.69, 9.17) is 14.6 Å². The van der Waals surface area contributed by atoms with Crippen LogP contribution >= 0.6 is 0 Å². The number of ether oxygens (including phenoxy) is 2. The van der Waals surface area contributed by atoms with Crippen LogP contribution in [0.2, 0.25) is 0 Å². The number of hydrogen-bond donors (Lipinski definition) is 3. The molecule has 1 amide bonds. The van der Waals surface area contributed by atoms with Gasteiger partial charge in [0, 0.05) is 18.5 Å². The maximum atomic E-state index is 12.2. The molecule has 0 aromatic carbocycles. The third-order valence-electron chi connectivity index (χ3n) is 7.14. The van der Waals surface area contributed by atoms with Crippen molar-refractivity contribution in [2.24, 2.45) is 0 Å². The lowest BCUT2D eigenvalue weighted by atomic mass is 9.91. The van der Waals surface area contributed by atoms with Gasteiger partial charge in [-0.25, -0.2) is 9.59 Å². The third-order valence-corrected chi connectivity index (χ3v) is 7.14. The van der Waals surface area contributed by atoms with Crippen molar-refractivity contribution in [3.8, 4) is 0 Å². The van der Waals surface area contributed by atoms with Gasteiger partial charge in [-0.3, -0.25) is 4.79 Å². The molecule has 1 unspecified atom stereocenters. The molecule has 8 nitrogen and oxygen atoms in total.